The Morgan fingerprint density at radius 1 is 0.971 bits per heavy atom. The highest BCUT2D eigenvalue weighted by Gasteiger charge is 2.13. The summed E-state index contributed by atoms with van der Waals surface area (Å²) in [5.41, 5.74) is 3.61. The maximum atomic E-state index is 12.5. The summed E-state index contributed by atoms with van der Waals surface area (Å²) < 4.78 is 0. The first-order chi connectivity index (χ1) is 16.3. The quantitative estimate of drug-likeness (QED) is 0.267. The van der Waals surface area contributed by atoms with Crippen molar-refractivity contribution in [3.05, 3.63) is 89.0 Å². The zero-order chi connectivity index (χ0) is 24.5. The molecule has 5 N–H and O–H groups in total. The molecule has 6 nitrogen and oxygen atoms in total. The highest BCUT2D eigenvalue weighted by Crippen LogP contribution is 2.24. The van der Waals surface area contributed by atoms with Crippen LogP contribution >= 0.6 is 11.8 Å². The van der Waals surface area contributed by atoms with Crippen molar-refractivity contribution in [2.24, 2.45) is 0 Å². The molecule has 0 aromatic heterocycles. The zero-order valence-corrected chi connectivity index (χ0v) is 20.3. The van der Waals surface area contributed by atoms with Crippen molar-refractivity contribution in [2.45, 2.75) is 43.4 Å². The summed E-state index contributed by atoms with van der Waals surface area (Å²) in [5.74, 6) is -0.190. The molecule has 2 atom stereocenters. The predicted octanol–water partition coefficient (Wildman–Crippen LogP) is 3.93. The third-order valence-corrected chi connectivity index (χ3v) is 6.37. The van der Waals surface area contributed by atoms with E-state index in [0.717, 1.165) is 28.0 Å². The smallest absolute Gasteiger partial charge is 0.224 e. The van der Waals surface area contributed by atoms with Gasteiger partial charge in [-0.2, -0.15) is 0 Å². The first kappa shape index (κ1) is 25.6. The molecule has 0 aliphatic heterocycles. The van der Waals surface area contributed by atoms with Crippen LogP contribution in [0.15, 0.2) is 71.6 Å². The number of carbonyl (C=O) groups is 1. The van der Waals surface area contributed by atoms with Gasteiger partial charge in [-0.05, 0) is 60.1 Å². The fourth-order valence-electron chi connectivity index (χ4n) is 3.82. The van der Waals surface area contributed by atoms with Gasteiger partial charge in [0.1, 0.15) is 11.5 Å². The topological polar surface area (TPSA) is 102 Å². The Balaban J connectivity index is 1.49. The van der Waals surface area contributed by atoms with E-state index in [-0.39, 0.29) is 30.0 Å². The highest BCUT2D eigenvalue weighted by molar-refractivity contribution is 7.98. The van der Waals surface area contributed by atoms with Crippen LogP contribution in [-0.4, -0.2) is 40.1 Å². The molecule has 0 fully saturated rings. The maximum absolute atomic E-state index is 12.5. The van der Waals surface area contributed by atoms with E-state index in [1.165, 1.54) is 18.2 Å². The van der Waals surface area contributed by atoms with Gasteiger partial charge in [0, 0.05) is 30.1 Å². The Bertz CT molecular complexity index is 1090. The molecule has 3 aromatic carbocycles. The van der Waals surface area contributed by atoms with Crippen LogP contribution in [0.3, 0.4) is 0 Å². The lowest BCUT2D eigenvalue weighted by molar-refractivity contribution is -0.120. The number of phenols is 2. The molecule has 0 heterocycles. The van der Waals surface area contributed by atoms with E-state index in [4.69, 9.17) is 0 Å². The Labute approximate surface area is 205 Å². The molecule has 3 aromatic rings. The van der Waals surface area contributed by atoms with E-state index in [1.54, 1.807) is 11.8 Å². The standard InChI is InChI=1S/C27H32N2O4S/c1-18(28-17-25(32)22-13-23(30)15-24(31)14-22)10-19-6-5-7-20(11-19)12-27(33)29-16-21-8-3-4-9-26(21)34-2/h3-9,11,13-15,18,25,28,30-32H,10,12,16-17H2,1-2H3,(H,29,33)/t18-,25+/m1/s1. The molecule has 0 unspecified atom stereocenters. The minimum atomic E-state index is -0.855. The molecule has 1 amide bonds. The van der Waals surface area contributed by atoms with Gasteiger partial charge in [0.15, 0.2) is 0 Å². The van der Waals surface area contributed by atoms with E-state index in [0.29, 0.717) is 18.5 Å². The van der Waals surface area contributed by atoms with Crippen molar-refractivity contribution in [1.82, 2.24) is 10.6 Å². The number of aliphatic hydroxyl groups is 1. The molecule has 180 valence electrons. The van der Waals surface area contributed by atoms with Gasteiger partial charge in [-0.3, -0.25) is 4.79 Å². The first-order valence-corrected chi connectivity index (χ1v) is 12.5. The first-order valence-electron chi connectivity index (χ1n) is 11.2. The Kier molecular flexibility index (Phi) is 9.39. The van der Waals surface area contributed by atoms with Gasteiger partial charge in [-0.1, -0.05) is 42.5 Å². The van der Waals surface area contributed by atoms with Gasteiger partial charge in [0.05, 0.1) is 12.5 Å². The Morgan fingerprint density at radius 3 is 2.41 bits per heavy atom. The summed E-state index contributed by atoms with van der Waals surface area (Å²) in [6, 6.07) is 20.2. The number of hydrogen-bond acceptors (Lipinski definition) is 6. The molecule has 3 rings (SSSR count). The summed E-state index contributed by atoms with van der Waals surface area (Å²) in [6.07, 6.45) is 2.22. The van der Waals surface area contributed by atoms with E-state index in [1.807, 2.05) is 55.6 Å². The van der Waals surface area contributed by atoms with Gasteiger partial charge >= 0.3 is 0 Å². The maximum Gasteiger partial charge on any atom is 0.224 e. The van der Waals surface area contributed by atoms with Gasteiger partial charge in [0.25, 0.3) is 0 Å². The lowest BCUT2D eigenvalue weighted by atomic mass is 10.0. The van der Waals surface area contributed by atoms with Crippen LogP contribution in [0.4, 0.5) is 0 Å². The molecule has 0 saturated heterocycles. The van der Waals surface area contributed by atoms with Crippen LogP contribution in [0.2, 0.25) is 0 Å². The predicted molar refractivity (Wildman–Crippen MR) is 136 cm³/mol. The van der Waals surface area contributed by atoms with E-state index < -0.39 is 6.10 Å². The molecular weight excluding hydrogens is 448 g/mol. The molecule has 0 aliphatic carbocycles. The molecular formula is C27H32N2O4S. The summed E-state index contributed by atoms with van der Waals surface area (Å²) in [5, 5.41) is 35.9. The number of phenolic OH excluding ortho intramolecular Hbond substituents is 2. The number of carbonyl (C=O) groups excluding carboxylic acids is 1. The number of benzene rings is 3. The van der Waals surface area contributed by atoms with Gasteiger partial charge in [-0.25, -0.2) is 0 Å². The number of aromatic hydroxyl groups is 2. The van der Waals surface area contributed by atoms with Crippen molar-refractivity contribution < 1.29 is 20.1 Å². The summed E-state index contributed by atoms with van der Waals surface area (Å²) in [6.45, 7) is 2.81. The molecule has 0 bridgehead atoms. The number of rotatable bonds is 11. The lowest BCUT2D eigenvalue weighted by Gasteiger charge is -2.18. The van der Waals surface area contributed by atoms with Crippen molar-refractivity contribution in [1.29, 1.82) is 0 Å². The van der Waals surface area contributed by atoms with Crippen molar-refractivity contribution in [3.8, 4) is 11.5 Å². The van der Waals surface area contributed by atoms with E-state index in [9.17, 15) is 20.1 Å². The average molecular weight is 481 g/mol. The third-order valence-electron chi connectivity index (χ3n) is 5.54. The second-order valence-electron chi connectivity index (χ2n) is 8.40. The normalized spacial score (nSPS) is 12.8. The summed E-state index contributed by atoms with van der Waals surface area (Å²) in [7, 11) is 0. The number of thioether (sulfide) groups is 1. The molecule has 0 aliphatic rings. The minimum absolute atomic E-state index is 0.0169. The molecule has 0 radical (unpaired) electrons. The van der Waals surface area contributed by atoms with E-state index >= 15 is 0 Å². The second kappa shape index (κ2) is 12.5. The molecule has 7 heteroatoms. The number of hydrogen-bond donors (Lipinski definition) is 5. The van der Waals surface area contributed by atoms with Gasteiger partial charge in [-0.15, -0.1) is 11.8 Å². The molecule has 0 saturated carbocycles. The molecule has 34 heavy (non-hydrogen) atoms. The fourth-order valence-corrected chi connectivity index (χ4v) is 4.44. The number of amides is 1. The van der Waals surface area contributed by atoms with Crippen LogP contribution in [-0.2, 0) is 24.2 Å². The van der Waals surface area contributed by atoms with E-state index in [2.05, 4.69) is 16.7 Å². The van der Waals surface area contributed by atoms with Crippen molar-refractivity contribution >= 4 is 17.7 Å². The third kappa shape index (κ3) is 7.80. The summed E-state index contributed by atoms with van der Waals surface area (Å²) >= 11 is 1.67. The fraction of sp³-hybridized carbons (Fsp3) is 0.296. The second-order valence-corrected chi connectivity index (χ2v) is 9.25. The average Bonchev–Trinajstić information content (AvgIpc) is 2.81. The molecule has 0 spiro atoms. The van der Waals surface area contributed by atoms with Crippen LogP contribution < -0.4 is 10.6 Å². The monoisotopic (exact) mass is 480 g/mol. The van der Waals surface area contributed by atoms with Crippen LogP contribution in [0.1, 0.15) is 35.3 Å². The lowest BCUT2D eigenvalue weighted by Crippen LogP contribution is -2.32. The Morgan fingerprint density at radius 2 is 1.68 bits per heavy atom. The SMILES string of the molecule is CSc1ccccc1CNC(=O)Cc1cccc(C[C@@H](C)NC[C@H](O)c2cc(O)cc(O)c2)c1. The van der Waals surface area contributed by atoms with Crippen molar-refractivity contribution in [2.75, 3.05) is 12.8 Å². The zero-order valence-electron chi connectivity index (χ0n) is 19.5. The van der Waals surface area contributed by atoms with Gasteiger partial charge < -0.3 is 26.0 Å². The number of nitrogens with one attached hydrogen (secondary N) is 2. The van der Waals surface area contributed by atoms with Crippen LogP contribution in [0.25, 0.3) is 0 Å². The highest BCUT2D eigenvalue weighted by atomic mass is 32.2. The van der Waals surface area contributed by atoms with Crippen molar-refractivity contribution in [3.63, 3.8) is 0 Å². The number of aliphatic hydroxyl groups excluding tert-OH is 1. The largest absolute Gasteiger partial charge is 0.508 e. The van der Waals surface area contributed by atoms with Crippen LogP contribution in [0.5, 0.6) is 11.5 Å². The minimum Gasteiger partial charge on any atom is -0.508 e. The summed E-state index contributed by atoms with van der Waals surface area (Å²) in [4.78, 5) is 13.6. The Hall–Kier alpha value is -3.00. The van der Waals surface area contributed by atoms with Gasteiger partial charge in [0.2, 0.25) is 5.91 Å². The van der Waals surface area contributed by atoms with Crippen LogP contribution in [0, 0.1) is 0 Å².